The van der Waals surface area contributed by atoms with Crippen LogP contribution in [0.4, 0.5) is 0 Å². The van der Waals surface area contributed by atoms with Gasteiger partial charge in [-0.25, -0.2) is 8.42 Å². The first-order valence-electron chi connectivity index (χ1n) is 10.2. The van der Waals surface area contributed by atoms with Crippen LogP contribution >= 0.6 is 0 Å². The highest BCUT2D eigenvalue weighted by Gasteiger charge is 2.26. The van der Waals surface area contributed by atoms with Crippen molar-refractivity contribution in [3.63, 3.8) is 0 Å². The number of hydrogen-bond donors (Lipinski definition) is 0. The Morgan fingerprint density at radius 3 is 2.52 bits per heavy atom. The summed E-state index contributed by atoms with van der Waals surface area (Å²) in [5.74, 6) is 0.149. The second-order valence-corrected chi connectivity index (χ2v) is 9.46. The number of ketones is 1. The molecule has 31 heavy (non-hydrogen) atoms. The van der Waals surface area contributed by atoms with E-state index < -0.39 is 10.0 Å². The van der Waals surface area contributed by atoms with Gasteiger partial charge in [0.1, 0.15) is 5.75 Å². The number of esters is 1. The zero-order valence-corrected chi connectivity index (χ0v) is 17.9. The van der Waals surface area contributed by atoms with Gasteiger partial charge in [0.25, 0.3) is 0 Å². The van der Waals surface area contributed by atoms with E-state index in [2.05, 4.69) is 4.90 Å². The van der Waals surface area contributed by atoms with Gasteiger partial charge in [0.15, 0.2) is 5.78 Å². The number of ether oxygens (including phenoxy) is 1. The quantitative estimate of drug-likeness (QED) is 0.373. The molecule has 0 unspecified atom stereocenters. The van der Waals surface area contributed by atoms with Crippen LogP contribution in [-0.4, -0.2) is 62.1 Å². The number of carbonyl (C=O) groups is 2. The summed E-state index contributed by atoms with van der Waals surface area (Å²) >= 11 is 0. The number of nitrogens with zero attached hydrogens (tertiary/aromatic N) is 2. The Bertz CT molecular complexity index is 1100. The van der Waals surface area contributed by atoms with Gasteiger partial charge >= 0.3 is 5.97 Å². The molecule has 0 amide bonds. The van der Waals surface area contributed by atoms with Crippen molar-refractivity contribution in [3.8, 4) is 5.75 Å². The number of hydrogen-bond acceptors (Lipinski definition) is 6. The molecule has 1 fully saturated rings. The molecule has 0 radical (unpaired) electrons. The molecule has 0 spiro atoms. The van der Waals surface area contributed by atoms with Crippen LogP contribution in [0.5, 0.6) is 5.75 Å². The van der Waals surface area contributed by atoms with E-state index in [9.17, 15) is 18.0 Å². The highest BCUT2D eigenvalue weighted by atomic mass is 32.2. The largest absolute Gasteiger partial charge is 0.426 e. The minimum atomic E-state index is -3.47. The maximum Gasteiger partial charge on any atom is 0.315 e. The first-order valence-corrected chi connectivity index (χ1v) is 11.7. The molecule has 2 aromatic rings. The van der Waals surface area contributed by atoms with Gasteiger partial charge in [-0.05, 0) is 17.7 Å². The van der Waals surface area contributed by atoms with Gasteiger partial charge < -0.3 is 9.64 Å². The third-order valence-electron chi connectivity index (χ3n) is 5.53. The molecule has 2 aromatic carbocycles. The molecular formula is C23H24N2O5S. The Hall–Kier alpha value is -2.81. The zero-order chi connectivity index (χ0) is 21.8. The fourth-order valence-electron chi connectivity index (χ4n) is 3.71. The zero-order valence-electron chi connectivity index (χ0n) is 17.1. The number of fused-ring (bicyclic) bond motifs is 1. The van der Waals surface area contributed by atoms with Crippen molar-refractivity contribution < 1.29 is 22.7 Å². The van der Waals surface area contributed by atoms with Crippen LogP contribution in [0.3, 0.4) is 0 Å². The molecule has 2 heterocycles. The first kappa shape index (κ1) is 21.4. The summed E-state index contributed by atoms with van der Waals surface area (Å²) in [4.78, 5) is 26.0. The Morgan fingerprint density at radius 1 is 1.03 bits per heavy atom. The van der Waals surface area contributed by atoms with Gasteiger partial charge in [-0.2, -0.15) is 4.31 Å². The number of piperazine rings is 1. The summed E-state index contributed by atoms with van der Waals surface area (Å²) in [5, 5.41) is 1.25. The van der Waals surface area contributed by atoms with E-state index in [1.54, 1.807) is 24.3 Å². The van der Waals surface area contributed by atoms with Gasteiger partial charge in [-0.1, -0.05) is 42.5 Å². The van der Waals surface area contributed by atoms with Crippen LogP contribution in [0, 0.1) is 0 Å². The standard InChI is InChI=1S/C23H24N2O5S/c26-21(19-6-7-20-17-23(27)30-22(20)16-19)8-10-24-11-13-25(14-12-24)31(28,29)15-9-18-4-2-1-3-5-18/h1-7,9,15-16H,8,10-14,17H2/b15-9+. The molecule has 0 N–H and O–H groups in total. The topological polar surface area (TPSA) is 84.0 Å². The normalized spacial score (nSPS) is 17.6. The Morgan fingerprint density at radius 2 is 1.77 bits per heavy atom. The lowest BCUT2D eigenvalue weighted by Crippen LogP contribution is -2.48. The van der Waals surface area contributed by atoms with E-state index in [4.69, 9.17) is 4.74 Å². The predicted molar refractivity (Wildman–Crippen MR) is 117 cm³/mol. The fourth-order valence-corrected chi connectivity index (χ4v) is 4.88. The van der Waals surface area contributed by atoms with Crippen LogP contribution in [0.1, 0.15) is 27.9 Å². The lowest BCUT2D eigenvalue weighted by Gasteiger charge is -2.33. The smallest absolute Gasteiger partial charge is 0.315 e. The molecule has 162 valence electrons. The Kier molecular flexibility index (Phi) is 6.31. The lowest BCUT2D eigenvalue weighted by atomic mass is 10.0. The predicted octanol–water partition coefficient (Wildman–Crippen LogP) is 2.34. The first-order chi connectivity index (χ1) is 14.9. The van der Waals surface area contributed by atoms with Crippen LogP contribution in [0.2, 0.25) is 0 Å². The maximum atomic E-state index is 12.6. The highest BCUT2D eigenvalue weighted by molar-refractivity contribution is 7.92. The number of Topliss-reactive ketones (excluding diaryl/α,β-unsaturated/α-hetero) is 1. The Labute approximate surface area is 182 Å². The van der Waals surface area contributed by atoms with Gasteiger partial charge in [0, 0.05) is 55.7 Å². The van der Waals surface area contributed by atoms with E-state index in [1.807, 2.05) is 30.3 Å². The fraction of sp³-hybridized carbons (Fsp3) is 0.304. The SMILES string of the molecule is O=C1Cc2ccc(C(=O)CCN3CCN(S(=O)(=O)/C=C/c4ccccc4)CC3)cc2O1. The van der Waals surface area contributed by atoms with E-state index in [0.29, 0.717) is 50.5 Å². The minimum Gasteiger partial charge on any atom is -0.426 e. The summed E-state index contributed by atoms with van der Waals surface area (Å²) in [5.41, 5.74) is 2.17. The summed E-state index contributed by atoms with van der Waals surface area (Å²) < 4.78 is 31.7. The van der Waals surface area contributed by atoms with Crippen molar-refractivity contribution in [2.24, 2.45) is 0 Å². The Balaban J connectivity index is 1.26. The minimum absolute atomic E-state index is 0.0217. The van der Waals surface area contributed by atoms with Crippen molar-refractivity contribution in [1.82, 2.24) is 9.21 Å². The van der Waals surface area contributed by atoms with Crippen molar-refractivity contribution in [3.05, 3.63) is 70.6 Å². The summed E-state index contributed by atoms with van der Waals surface area (Å²) in [6.45, 7) is 2.50. The van der Waals surface area contributed by atoms with Crippen molar-refractivity contribution in [2.75, 3.05) is 32.7 Å². The third kappa shape index (κ3) is 5.28. The molecule has 2 aliphatic heterocycles. The number of sulfonamides is 1. The molecular weight excluding hydrogens is 416 g/mol. The van der Waals surface area contributed by atoms with E-state index >= 15 is 0 Å². The van der Waals surface area contributed by atoms with Crippen molar-refractivity contribution in [2.45, 2.75) is 12.8 Å². The number of benzene rings is 2. The summed E-state index contributed by atoms with van der Waals surface area (Å²) in [7, 11) is -3.47. The third-order valence-corrected chi connectivity index (χ3v) is 7.09. The molecule has 1 saturated heterocycles. The second-order valence-electron chi connectivity index (χ2n) is 7.65. The van der Waals surface area contributed by atoms with Gasteiger partial charge in [-0.3, -0.25) is 9.59 Å². The molecule has 7 nitrogen and oxygen atoms in total. The maximum absolute atomic E-state index is 12.6. The molecule has 8 heteroatoms. The van der Waals surface area contributed by atoms with Crippen LogP contribution in [0.25, 0.3) is 6.08 Å². The van der Waals surface area contributed by atoms with Gasteiger partial charge in [0.2, 0.25) is 10.0 Å². The van der Waals surface area contributed by atoms with E-state index in [0.717, 1.165) is 11.1 Å². The van der Waals surface area contributed by atoms with Gasteiger partial charge in [-0.15, -0.1) is 0 Å². The molecule has 0 atom stereocenters. The monoisotopic (exact) mass is 440 g/mol. The van der Waals surface area contributed by atoms with Crippen LogP contribution < -0.4 is 4.74 Å². The van der Waals surface area contributed by atoms with Gasteiger partial charge in [0.05, 0.1) is 6.42 Å². The molecule has 2 aliphatic rings. The van der Waals surface area contributed by atoms with Crippen LogP contribution in [0.15, 0.2) is 53.9 Å². The van der Waals surface area contributed by atoms with E-state index in [1.165, 1.54) is 9.71 Å². The van der Waals surface area contributed by atoms with Crippen LogP contribution in [-0.2, 0) is 21.2 Å². The molecule has 0 saturated carbocycles. The average Bonchev–Trinajstić information content (AvgIpc) is 3.16. The molecule has 0 bridgehead atoms. The highest BCUT2D eigenvalue weighted by Crippen LogP contribution is 2.27. The van der Waals surface area contributed by atoms with Crippen molar-refractivity contribution in [1.29, 1.82) is 0 Å². The lowest BCUT2D eigenvalue weighted by molar-refractivity contribution is -0.131. The van der Waals surface area contributed by atoms with E-state index in [-0.39, 0.29) is 18.2 Å². The number of rotatable bonds is 7. The summed E-state index contributed by atoms with van der Waals surface area (Å²) in [6.07, 6.45) is 2.18. The molecule has 0 aromatic heterocycles. The average molecular weight is 441 g/mol. The molecule has 4 rings (SSSR count). The molecule has 0 aliphatic carbocycles. The number of carbonyl (C=O) groups excluding carboxylic acids is 2. The second kappa shape index (κ2) is 9.13. The van der Waals surface area contributed by atoms with Crippen molar-refractivity contribution >= 4 is 27.9 Å². The summed E-state index contributed by atoms with van der Waals surface area (Å²) in [6, 6.07) is 14.4.